The van der Waals surface area contributed by atoms with Gasteiger partial charge in [-0.3, -0.25) is 4.90 Å². The van der Waals surface area contributed by atoms with Gasteiger partial charge in [0.15, 0.2) is 0 Å². The van der Waals surface area contributed by atoms with Gasteiger partial charge in [-0.25, -0.2) is 0 Å². The van der Waals surface area contributed by atoms with E-state index in [0.717, 1.165) is 19.8 Å². The van der Waals surface area contributed by atoms with E-state index in [4.69, 9.17) is 0 Å². The summed E-state index contributed by atoms with van der Waals surface area (Å²) in [6.07, 6.45) is 0. The molecule has 0 aliphatic rings. The average molecular weight is 116 g/mol. The minimum atomic E-state index is 1.01. The summed E-state index contributed by atoms with van der Waals surface area (Å²) < 4.78 is 0. The lowest BCUT2D eigenvalue weighted by Gasteiger charge is -2.12. The van der Waals surface area contributed by atoms with Crippen molar-refractivity contribution in [2.45, 2.75) is 13.8 Å². The van der Waals surface area contributed by atoms with E-state index in [1.54, 1.807) is 0 Å². The van der Waals surface area contributed by atoms with Gasteiger partial charge in [0.2, 0.25) is 0 Å². The molecule has 0 saturated heterocycles. The Kier molecular flexibility index (Phi) is 5.01. The number of nitrogens with zero attached hydrogens (tertiary/aromatic N) is 1. The first-order chi connectivity index (χ1) is 3.81. The first-order valence-corrected chi connectivity index (χ1v) is 3.20. The van der Waals surface area contributed by atoms with Crippen LogP contribution >= 0.6 is 0 Å². The molecule has 0 aliphatic heterocycles. The smallest absolute Gasteiger partial charge is 0.0477 e. The highest BCUT2D eigenvalue weighted by molar-refractivity contribution is 4.42. The van der Waals surface area contributed by atoms with Crippen molar-refractivity contribution in [2.75, 3.05) is 26.8 Å². The van der Waals surface area contributed by atoms with Gasteiger partial charge in [0.1, 0.15) is 0 Å². The molecular formula is C6H16N2. The summed E-state index contributed by atoms with van der Waals surface area (Å²) in [4.78, 5) is 2.23. The minimum Gasteiger partial charge on any atom is -0.305 e. The van der Waals surface area contributed by atoms with Crippen molar-refractivity contribution in [1.82, 2.24) is 10.2 Å². The molecule has 1 N–H and O–H groups in total. The van der Waals surface area contributed by atoms with E-state index in [-0.39, 0.29) is 0 Å². The maximum absolute atomic E-state index is 3.22. The van der Waals surface area contributed by atoms with Crippen molar-refractivity contribution in [1.29, 1.82) is 0 Å². The number of hydrogen-bond acceptors (Lipinski definition) is 2. The Bertz CT molecular complexity index is 45.8. The summed E-state index contributed by atoms with van der Waals surface area (Å²) >= 11 is 0. The molecule has 0 aliphatic carbocycles. The van der Waals surface area contributed by atoms with Crippen LogP contribution in [-0.4, -0.2) is 31.7 Å². The van der Waals surface area contributed by atoms with Crippen LogP contribution in [0.4, 0.5) is 0 Å². The highest BCUT2D eigenvalue weighted by Gasteiger charge is 1.87. The number of nitrogens with one attached hydrogen (secondary N) is 1. The second kappa shape index (κ2) is 5.06. The van der Waals surface area contributed by atoms with Gasteiger partial charge in [-0.05, 0) is 20.1 Å². The highest BCUT2D eigenvalue weighted by Crippen LogP contribution is 1.73. The average Bonchev–Trinajstić information content (AvgIpc) is 1.83. The fourth-order valence-electron chi connectivity index (χ4n) is 0.414. The molecule has 0 radical (unpaired) electrons. The topological polar surface area (TPSA) is 15.3 Å². The van der Waals surface area contributed by atoms with Crippen LogP contribution in [0.3, 0.4) is 0 Å². The molecule has 2 nitrogen and oxygen atoms in total. The summed E-state index contributed by atoms with van der Waals surface area (Å²) in [5.74, 6) is 0. The van der Waals surface area contributed by atoms with Crippen molar-refractivity contribution in [3.05, 3.63) is 0 Å². The quantitative estimate of drug-likeness (QED) is 0.538. The molecule has 0 amide bonds. The zero-order chi connectivity index (χ0) is 6.41. The molecule has 0 aromatic heterocycles. The first kappa shape index (κ1) is 7.92. The van der Waals surface area contributed by atoms with Gasteiger partial charge < -0.3 is 5.32 Å². The van der Waals surface area contributed by atoms with Crippen LogP contribution in [0.2, 0.25) is 0 Å². The Morgan fingerprint density at radius 2 is 2.00 bits per heavy atom. The van der Waals surface area contributed by atoms with E-state index < -0.39 is 0 Å². The number of hydrogen-bond donors (Lipinski definition) is 1. The molecule has 0 unspecified atom stereocenters. The van der Waals surface area contributed by atoms with Crippen molar-refractivity contribution in [3.8, 4) is 0 Å². The lowest BCUT2D eigenvalue weighted by Crippen LogP contribution is -2.30. The Morgan fingerprint density at radius 1 is 1.38 bits per heavy atom. The lowest BCUT2D eigenvalue weighted by atomic mass is 10.6. The third-order valence-corrected chi connectivity index (χ3v) is 1.17. The first-order valence-electron chi connectivity index (χ1n) is 3.20. The van der Waals surface area contributed by atoms with E-state index in [1.807, 2.05) is 0 Å². The van der Waals surface area contributed by atoms with Gasteiger partial charge in [-0.2, -0.15) is 0 Å². The zero-order valence-electron chi connectivity index (χ0n) is 6.07. The predicted molar refractivity (Wildman–Crippen MR) is 36.8 cm³/mol. The van der Waals surface area contributed by atoms with Gasteiger partial charge in [-0.15, -0.1) is 0 Å². The van der Waals surface area contributed by atoms with E-state index in [1.165, 1.54) is 0 Å². The molecular weight excluding hydrogens is 100 g/mol. The summed E-state index contributed by atoms with van der Waals surface area (Å²) in [5.41, 5.74) is 0. The van der Waals surface area contributed by atoms with Crippen molar-refractivity contribution in [2.24, 2.45) is 0 Å². The molecule has 8 heavy (non-hydrogen) atoms. The third kappa shape index (κ3) is 4.09. The Morgan fingerprint density at radius 3 is 2.38 bits per heavy atom. The SMILES string of the molecule is CCNCN(C)CC. The molecule has 0 aromatic carbocycles. The number of rotatable bonds is 4. The summed E-state index contributed by atoms with van der Waals surface area (Å²) in [7, 11) is 2.10. The predicted octanol–water partition coefficient (Wildman–Crippen LogP) is 0.505. The fraction of sp³-hybridized carbons (Fsp3) is 1.00. The van der Waals surface area contributed by atoms with Crippen molar-refractivity contribution < 1.29 is 0 Å². The normalized spacial score (nSPS) is 10.5. The Balaban J connectivity index is 2.86. The van der Waals surface area contributed by atoms with Crippen LogP contribution < -0.4 is 5.32 Å². The van der Waals surface area contributed by atoms with Crippen LogP contribution in [0.1, 0.15) is 13.8 Å². The maximum Gasteiger partial charge on any atom is 0.0477 e. The molecule has 2 heteroatoms. The second-order valence-electron chi connectivity index (χ2n) is 1.93. The fourth-order valence-corrected chi connectivity index (χ4v) is 0.414. The van der Waals surface area contributed by atoms with E-state index in [2.05, 4.69) is 31.1 Å². The van der Waals surface area contributed by atoms with E-state index in [9.17, 15) is 0 Å². The standard InChI is InChI=1S/C6H16N2/c1-4-7-6-8(3)5-2/h7H,4-6H2,1-3H3. The van der Waals surface area contributed by atoms with E-state index >= 15 is 0 Å². The van der Waals surface area contributed by atoms with E-state index in [0.29, 0.717) is 0 Å². The molecule has 0 fully saturated rings. The molecule has 0 saturated carbocycles. The monoisotopic (exact) mass is 116 g/mol. The summed E-state index contributed by atoms with van der Waals surface area (Å²) in [5, 5.41) is 3.22. The minimum absolute atomic E-state index is 1.01. The van der Waals surface area contributed by atoms with Gasteiger partial charge in [0.25, 0.3) is 0 Å². The molecule has 50 valence electrons. The zero-order valence-corrected chi connectivity index (χ0v) is 6.07. The van der Waals surface area contributed by atoms with Gasteiger partial charge in [0, 0.05) is 6.67 Å². The van der Waals surface area contributed by atoms with Gasteiger partial charge >= 0.3 is 0 Å². The highest BCUT2D eigenvalue weighted by atomic mass is 15.2. The van der Waals surface area contributed by atoms with Crippen molar-refractivity contribution in [3.63, 3.8) is 0 Å². The second-order valence-corrected chi connectivity index (χ2v) is 1.93. The molecule has 0 aromatic rings. The maximum atomic E-state index is 3.22. The summed E-state index contributed by atoms with van der Waals surface area (Å²) in [6, 6.07) is 0. The third-order valence-electron chi connectivity index (χ3n) is 1.17. The van der Waals surface area contributed by atoms with Crippen LogP contribution in [0.15, 0.2) is 0 Å². The molecule has 0 bridgehead atoms. The molecule has 0 spiro atoms. The largest absolute Gasteiger partial charge is 0.305 e. The molecule has 0 rings (SSSR count). The van der Waals surface area contributed by atoms with Crippen LogP contribution in [0, 0.1) is 0 Å². The Labute approximate surface area is 51.9 Å². The van der Waals surface area contributed by atoms with Gasteiger partial charge in [-0.1, -0.05) is 13.8 Å². The Hall–Kier alpha value is -0.0800. The van der Waals surface area contributed by atoms with Crippen LogP contribution in [0.5, 0.6) is 0 Å². The van der Waals surface area contributed by atoms with Crippen LogP contribution in [-0.2, 0) is 0 Å². The van der Waals surface area contributed by atoms with Gasteiger partial charge in [0.05, 0.1) is 0 Å². The van der Waals surface area contributed by atoms with Crippen LogP contribution in [0.25, 0.3) is 0 Å². The molecule has 0 atom stereocenters. The lowest BCUT2D eigenvalue weighted by molar-refractivity contribution is 0.326. The summed E-state index contributed by atoms with van der Waals surface area (Å²) in [6.45, 7) is 7.45. The molecule has 0 heterocycles. The van der Waals surface area contributed by atoms with Crippen molar-refractivity contribution >= 4 is 0 Å².